The molecule has 4 aliphatic rings. The second-order valence-electron chi connectivity index (χ2n) is 10.5. The van der Waals surface area contributed by atoms with Gasteiger partial charge in [-0.3, -0.25) is 19.9 Å². The Bertz CT molecular complexity index is 772. The van der Waals surface area contributed by atoms with E-state index in [4.69, 9.17) is 4.74 Å². The normalized spacial score (nSPS) is 28.6. The van der Waals surface area contributed by atoms with Gasteiger partial charge in [0.1, 0.15) is 5.70 Å². The average Bonchev–Trinajstić information content (AvgIpc) is 3.46. The summed E-state index contributed by atoms with van der Waals surface area (Å²) >= 11 is 0. The number of hydrogen-bond donors (Lipinski definition) is 2. The number of nitrogens with one attached hydrogen (secondary N) is 2. The lowest BCUT2D eigenvalue weighted by molar-refractivity contribution is -0.143. The molecule has 3 saturated heterocycles. The molecule has 3 unspecified atom stereocenters. The topological polar surface area (TPSA) is 86.3 Å². The van der Waals surface area contributed by atoms with Crippen molar-refractivity contribution in [2.45, 2.75) is 64.5 Å². The minimum absolute atomic E-state index is 0.0327. The van der Waals surface area contributed by atoms with Crippen molar-refractivity contribution in [3.8, 4) is 0 Å². The zero-order chi connectivity index (χ0) is 23.4. The van der Waals surface area contributed by atoms with Crippen molar-refractivity contribution in [3.63, 3.8) is 0 Å². The Morgan fingerprint density at radius 3 is 2.79 bits per heavy atom. The number of hydrogen-bond acceptors (Lipinski definition) is 6. The molecule has 2 amide bonds. The molecule has 184 valence electrons. The van der Waals surface area contributed by atoms with Crippen molar-refractivity contribution in [1.82, 2.24) is 20.4 Å². The van der Waals surface area contributed by atoms with Crippen LogP contribution in [-0.4, -0.2) is 86.0 Å². The molecule has 2 N–H and O–H groups in total. The van der Waals surface area contributed by atoms with E-state index in [2.05, 4.69) is 41.4 Å². The van der Waals surface area contributed by atoms with E-state index >= 15 is 0 Å². The second-order valence-corrected chi connectivity index (χ2v) is 10.5. The molecule has 33 heavy (non-hydrogen) atoms. The summed E-state index contributed by atoms with van der Waals surface area (Å²) in [6.45, 7) is 9.07. The van der Waals surface area contributed by atoms with Gasteiger partial charge in [0.25, 0.3) is 11.8 Å². The number of carbonyl (C=O) groups is 2. The number of piperidine rings is 2. The van der Waals surface area contributed by atoms with E-state index in [1.807, 2.05) is 11.0 Å². The number of nitrogens with zero attached hydrogens (tertiary/aromatic N) is 3. The SMILES string of the molecule is CC(C)C1NCOC1C(=O)N1CCC(CCCCNC(=O)C2=CC3CN(C)CCC3=N2)CC1. The maximum Gasteiger partial charge on any atom is 0.269 e. The predicted octanol–water partition coefficient (Wildman–Crippen LogP) is 1.77. The number of amides is 2. The Labute approximate surface area is 198 Å². The van der Waals surface area contributed by atoms with Crippen LogP contribution in [0.5, 0.6) is 0 Å². The van der Waals surface area contributed by atoms with Crippen LogP contribution < -0.4 is 10.6 Å². The van der Waals surface area contributed by atoms with Crippen LogP contribution in [0, 0.1) is 17.8 Å². The van der Waals surface area contributed by atoms with E-state index in [0.717, 1.165) is 64.7 Å². The number of ether oxygens (including phenoxy) is 1. The molecule has 0 saturated carbocycles. The molecule has 0 aromatic heterocycles. The van der Waals surface area contributed by atoms with Gasteiger partial charge in [-0.15, -0.1) is 0 Å². The number of unbranched alkanes of at least 4 members (excludes halogenated alkanes) is 1. The molecule has 4 aliphatic heterocycles. The van der Waals surface area contributed by atoms with Crippen LogP contribution >= 0.6 is 0 Å². The van der Waals surface area contributed by atoms with Crippen LogP contribution in [0.2, 0.25) is 0 Å². The van der Waals surface area contributed by atoms with E-state index in [1.165, 1.54) is 5.71 Å². The number of likely N-dealkylation sites (tertiary alicyclic amines) is 2. The fourth-order valence-electron chi connectivity index (χ4n) is 5.55. The minimum atomic E-state index is -0.338. The van der Waals surface area contributed by atoms with Crippen molar-refractivity contribution in [2.24, 2.45) is 22.7 Å². The summed E-state index contributed by atoms with van der Waals surface area (Å²) in [5, 5.41) is 6.35. The number of rotatable bonds is 8. The Balaban J connectivity index is 1.10. The van der Waals surface area contributed by atoms with Crippen LogP contribution in [0.25, 0.3) is 0 Å². The Morgan fingerprint density at radius 1 is 1.24 bits per heavy atom. The number of fused-ring (bicyclic) bond motifs is 1. The first-order valence-corrected chi connectivity index (χ1v) is 12.8. The highest BCUT2D eigenvalue weighted by atomic mass is 16.5. The van der Waals surface area contributed by atoms with E-state index in [0.29, 0.717) is 36.7 Å². The molecule has 3 atom stereocenters. The average molecular weight is 460 g/mol. The highest BCUT2D eigenvalue weighted by Crippen LogP contribution is 2.26. The largest absolute Gasteiger partial charge is 0.352 e. The van der Waals surface area contributed by atoms with Gasteiger partial charge < -0.3 is 19.9 Å². The van der Waals surface area contributed by atoms with Gasteiger partial charge in [-0.25, -0.2) is 0 Å². The third-order valence-corrected chi connectivity index (χ3v) is 7.66. The van der Waals surface area contributed by atoms with E-state index in [-0.39, 0.29) is 24.0 Å². The molecule has 3 fully saturated rings. The smallest absolute Gasteiger partial charge is 0.269 e. The molecule has 8 heteroatoms. The first-order chi connectivity index (χ1) is 15.9. The van der Waals surface area contributed by atoms with Crippen LogP contribution in [-0.2, 0) is 14.3 Å². The van der Waals surface area contributed by atoms with Gasteiger partial charge in [0.05, 0.1) is 6.73 Å². The summed E-state index contributed by atoms with van der Waals surface area (Å²) in [7, 11) is 2.12. The van der Waals surface area contributed by atoms with Gasteiger partial charge >= 0.3 is 0 Å². The zero-order valence-electron chi connectivity index (χ0n) is 20.5. The Morgan fingerprint density at radius 2 is 2.03 bits per heavy atom. The summed E-state index contributed by atoms with van der Waals surface area (Å²) in [4.78, 5) is 34.2. The molecule has 0 aromatic carbocycles. The number of carbonyl (C=O) groups excluding carboxylic acids is 2. The molecule has 0 aromatic rings. The summed E-state index contributed by atoms with van der Waals surface area (Å²) in [6, 6.07) is 0.113. The molecule has 4 heterocycles. The van der Waals surface area contributed by atoms with Crippen LogP contribution in [0.15, 0.2) is 16.8 Å². The van der Waals surface area contributed by atoms with Crippen LogP contribution in [0.1, 0.15) is 52.4 Å². The quantitative estimate of drug-likeness (QED) is 0.541. The van der Waals surface area contributed by atoms with Crippen molar-refractivity contribution < 1.29 is 14.3 Å². The van der Waals surface area contributed by atoms with Gasteiger partial charge in [-0.1, -0.05) is 26.7 Å². The van der Waals surface area contributed by atoms with E-state index in [9.17, 15) is 9.59 Å². The van der Waals surface area contributed by atoms with Crippen molar-refractivity contribution >= 4 is 17.5 Å². The monoisotopic (exact) mass is 459 g/mol. The molecule has 0 bridgehead atoms. The van der Waals surface area contributed by atoms with E-state index < -0.39 is 0 Å². The maximum atomic E-state index is 12.9. The summed E-state index contributed by atoms with van der Waals surface area (Å²) in [6.07, 6.45) is 8.02. The third-order valence-electron chi connectivity index (χ3n) is 7.66. The molecule has 0 radical (unpaired) electrons. The standard InChI is InChI=1S/C25H41N5O3/c1-17(2)22-23(33-16-27-22)25(32)30-12-7-18(8-13-30)6-4-5-10-26-24(31)21-14-19-15-29(3)11-9-20(19)28-21/h14,17-19,22-23,27H,4-13,15-16H2,1-3H3,(H,26,31). The predicted molar refractivity (Wildman–Crippen MR) is 129 cm³/mol. The first-order valence-electron chi connectivity index (χ1n) is 12.8. The fraction of sp³-hybridized carbons (Fsp3) is 0.800. The highest BCUT2D eigenvalue weighted by Gasteiger charge is 2.39. The maximum absolute atomic E-state index is 12.9. The van der Waals surface area contributed by atoms with Gasteiger partial charge in [0, 0.05) is 50.4 Å². The molecule has 4 rings (SSSR count). The molecule has 8 nitrogen and oxygen atoms in total. The molecule has 0 spiro atoms. The summed E-state index contributed by atoms with van der Waals surface area (Å²) in [5.41, 5.74) is 1.77. The lowest BCUT2D eigenvalue weighted by Crippen LogP contribution is -2.49. The lowest BCUT2D eigenvalue weighted by Gasteiger charge is -2.34. The zero-order valence-corrected chi connectivity index (χ0v) is 20.5. The first kappa shape index (κ1) is 24.4. The second kappa shape index (κ2) is 11.1. The van der Waals surface area contributed by atoms with Crippen molar-refractivity contribution in [3.05, 3.63) is 11.8 Å². The molecular weight excluding hydrogens is 418 g/mol. The van der Waals surface area contributed by atoms with Gasteiger partial charge in [0.2, 0.25) is 0 Å². The van der Waals surface area contributed by atoms with Crippen molar-refractivity contribution in [2.75, 3.05) is 46.5 Å². The summed E-state index contributed by atoms with van der Waals surface area (Å²) in [5.74, 6) is 1.47. The lowest BCUT2D eigenvalue weighted by atomic mass is 9.90. The van der Waals surface area contributed by atoms with Gasteiger partial charge in [0.15, 0.2) is 6.10 Å². The highest BCUT2D eigenvalue weighted by molar-refractivity contribution is 6.02. The number of aliphatic imine (C=N–C) groups is 1. The summed E-state index contributed by atoms with van der Waals surface area (Å²) < 4.78 is 5.70. The third kappa shape index (κ3) is 6.03. The van der Waals surface area contributed by atoms with Crippen LogP contribution in [0.3, 0.4) is 0 Å². The van der Waals surface area contributed by atoms with Gasteiger partial charge in [-0.05, 0) is 50.6 Å². The van der Waals surface area contributed by atoms with Gasteiger partial charge in [-0.2, -0.15) is 0 Å². The van der Waals surface area contributed by atoms with Crippen LogP contribution in [0.4, 0.5) is 0 Å². The Hall–Kier alpha value is -1.77. The fourth-order valence-corrected chi connectivity index (χ4v) is 5.55. The van der Waals surface area contributed by atoms with Crippen molar-refractivity contribution in [1.29, 1.82) is 0 Å². The minimum Gasteiger partial charge on any atom is -0.352 e. The Kier molecular flexibility index (Phi) is 8.20. The molecular formula is C25H41N5O3. The molecule has 0 aliphatic carbocycles. The van der Waals surface area contributed by atoms with E-state index in [1.54, 1.807) is 0 Å².